The average molecular weight is 211 g/mol. The monoisotopic (exact) mass is 211 g/mol. The zero-order valence-electron chi connectivity index (χ0n) is 7.62. The van der Waals surface area contributed by atoms with Crippen LogP contribution in [0.25, 0.3) is 0 Å². The lowest BCUT2D eigenvalue weighted by Crippen LogP contribution is -2.25. The van der Waals surface area contributed by atoms with Crippen molar-refractivity contribution in [3.05, 3.63) is 35.6 Å². The number of halogens is 1. The molecule has 14 heavy (non-hydrogen) atoms. The van der Waals surface area contributed by atoms with Gasteiger partial charge in [-0.3, -0.25) is 5.43 Å². The Morgan fingerprint density at radius 3 is 2.71 bits per heavy atom. The Morgan fingerprint density at radius 1 is 1.50 bits per heavy atom. The predicted octanol–water partition coefficient (Wildman–Crippen LogP) is 1.38. The van der Waals surface area contributed by atoms with Gasteiger partial charge in [0.1, 0.15) is 5.82 Å². The molecule has 3 N–H and O–H groups in total. The van der Waals surface area contributed by atoms with Crippen LogP contribution in [0.2, 0.25) is 0 Å². The van der Waals surface area contributed by atoms with Crippen LogP contribution >= 0.6 is 12.2 Å². The molecule has 1 rings (SSSR count). The molecule has 0 aliphatic heterocycles. The van der Waals surface area contributed by atoms with E-state index in [4.69, 9.17) is 5.73 Å². The minimum atomic E-state index is -0.321. The third-order valence-electron chi connectivity index (χ3n) is 1.60. The molecule has 74 valence electrons. The molecule has 0 fully saturated rings. The molecular weight excluding hydrogens is 201 g/mol. The van der Waals surface area contributed by atoms with E-state index in [1.165, 1.54) is 6.07 Å². The number of rotatable bonds is 2. The normalized spacial score (nSPS) is 11.1. The van der Waals surface area contributed by atoms with Crippen LogP contribution < -0.4 is 11.2 Å². The highest BCUT2D eigenvalue weighted by atomic mass is 32.1. The number of nitrogens with one attached hydrogen (secondary N) is 1. The largest absolute Gasteiger partial charge is 0.375 e. The number of hydrogen-bond acceptors (Lipinski definition) is 2. The Kier molecular flexibility index (Phi) is 3.53. The standard InChI is InChI=1S/C9H10FN3S/c1-6(12-13-9(11)14)7-4-2-3-5-8(7)10/h2-5H,1H3,(H3,11,13,14). The number of benzene rings is 1. The number of nitrogens with two attached hydrogens (primary N) is 1. The van der Waals surface area contributed by atoms with Crippen molar-refractivity contribution in [1.29, 1.82) is 0 Å². The summed E-state index contributed by atoms with van der Waals surface area (Å²) in [5.74, 6) is -0.321. The summed E-state index contributed by atoms with van der Waals surface area (Å²) < 4.78 is 13.2. The van der Waals surface area contributed by atoms with Crippen molar-refractivity contribution >= 4 is 23.0 Å². The van der Waals surface area contributed by atoms with Crippen LogP contribution in [0.15, 0.2) is 29.4 Å². The highest BCUT2D eigenvalue weighted by Gasteiger charge is 2.03. The summed E-state index contributed by atoms with van der Waals surface area (Å²) in [6, 6.07) is 6.36. The quantitative estimate of drug-likeness (QED) is 0.441. The summed E-state index contributed by atoms with van der Waals surface area (Å²) in [5, 5.41) is 3.87. The lowest BCUT2D eigenvalue weighted by atomic mass is 10.1. The highest BCUT2D eigenvalue weighted by Crippen LogP contribution is 2.06. The van der Waals surface area contributed by atoms with Crippen LogP contribution in [0, 0.1) is 5.82 Å². The summed E-state index contributed by atoms with van der Waals surface area (Å²) in [7, 11) is 0. The molecule has 0 spiro atoms. The summed E-state index contributed by atoms with van der Waals surface area (Å²) >= 11 is 4.56. The van der Waals surface area contributed by atoms with Crippen molar-refractivity contribution in [2.24, 2.45) is 10.8 Å². The van der Waals surface area contributed by atoms with E-state index in [2.05, 4.69) is 22.7 Å². The minimum Gasteiger partial charge on any atom is -0.375 e. The molecule has 0 heterocycles. The van der Waals surface area contributed by atoms with Crippen molar-refractivity contribution in [2.75, 3.05) is 0 Å². The number of thiocarbonyl (C=S) groups is 1. The lowest BCUT2D eigenvalue weighted by molar-refractivity contribution is 0.625. The van der Waals surface area contributed by atoms with Crippen molar-refractivity contribution in [1.82, 2.24) is 5.43 Å². The third-order valence-corrected chi connectivity index (χ3v) is 1.69. The molecule has 0 saturated heterocycles. The van der Waals surface area contributed by atoms with E-state index < -0.39 is 0 Å². The van der Waals surface area contributed by atoms with Gasteiger partial charge in [-0.05, 0) is 25.2 Å². The second-order valence-electron chi connectivity index (χ2n) is 2.65. The molecule has 5 heteroatoms. The van der Waals surface area contributed by atoms with Crippen LogP contribution in [0.4, 0.5) is 4.39 Å². The van der Waals surface area contributed by atoms with E-state index in [9.17, 15) is 4.39 Å². The van der Waals surface area contributed by atoms with Gasteiger partial charge in [-0.15, -0.1) is 0 Å². The second kappa shape index (κ2) is 4.66. The number of hydrogen-bond donors (Lipinski definition) is 2. The molecule has 0 aliphatic rings. The van der Waals surface area contributed by atoms with Crippen molar-refractivity contribution in [2.45, 2.75) is 6.92 Å². The van der Waals surface area contributed by atoms with Gasteiger partial charge < -0.3 is 5.73 Å². The van der Waals surface area contributed by atoms with Gasteiger partial charge in [0, 0.05) is 5.56 Å². The fourth-order valence-corrected chi connectivity index (χ4v) is 0.999. The SMILES string of the molecule is CC(=NNC(N)=S)c1ccccc1F. The predicted molar refractivity (Wildman–Crippen MR) is 58.5 cm³/mol. The summed E-state index contributed by atoms with van der Waals surface area (Å²) in [4.78, 5) is 0. The van der Waals surface area contributed by atoms with Gasteiger partial charge >= 0.3 is 0 Å². The van der Waals surface area contributed by atoms with Gasteiger partial charge in [0.25, 0.3) is 0 Å². The first-order chi connectivity index (χ1) is 6.61. The molecule has 0 saturated carbocycles. The molecule has 0 aliphatic carbocycles. The first-order valence-electron chi connectivity index (χ1n) is 3.96. The van der Waals surface area contributed by atoms with Gasteiger partial charge in [-0.25, -0.2) is 4.39 Å². The Hall–Kier alpha value is -1.49. The van der Waals surface area contributed by atoms with Crippen molar-refractivity contribution in [3.8, 4) is 0 Å². The number of hydrazone groups is 1. The first-order valence-corrected chi connectivity index (χ1v) is 4.36. The molecule has 0 unspecified atom stereocenters. The maximum Gasteiger partial charge on any atom is 0.184 e. The molecule has 3 nitrogen and oxygen atoms in total. The fraction of sp³-hybridized carbons (Fsp3) is 0.111. The Labute approximate surface area is 86.8 Å². The van der Waals surface area contributed by atoms with Gasteiger partial charge in [0.15, 0.2) is 5.11 Å². The highest BCUT2D eigenvalue weighted by molar-refractivity contribution is 7.80. The second-order valence-corrected chi connectivity index (χ2v) is 3.09. The lowest BCUT2D eigenvalue weighted by Gasteiger charge is -2.02. The Balaban J connectivity index is 2.89. The van der Waals surface area contributed by atoms with Gasteiger partial charge in [0.05, 0.1) is 5.71 Å². The molecule has 1 aromatic rings. The van der Waals surface area contributed by atoms with Crippen molar-refractivity contribution in [3.63, 3.8) is 0 Å². The Morgan fingerprint density at radius 2 is 2.14 bits per heavy atom. The van der Waals surface area contributed by atoms with E-state index >= 15 is 0 Å². The zero-order valence-corrected chi connectivity index (χ0v) is 8.44. The van der Waals surface area contributed by atoms with Gasteiger partial charge in [0.2, 0.25) is 0 Å². The van der Waals surface area contributed by atoms with Crippen LogP contribution in [-0.2, 0) is 0 Å². The average Bonchev–Trinajstić information content (AvgIpc) is 2.15. The van der Waals surface area contributed by atoms with Gasteiger partial charge in [-0.1, -0.05) is 18.2 Å². The third kappa shape index (κ3) is 2.77. The first kappa shape index (κ1) is 10.6. The van der Waals surface area contributed by atoms with Crippen LogP contribution in [-0.4, -0.2) is 10.8 Å². The maximum absolute atomic E-state index is 13.2. The Bertz CT molecular complexity index is 376. The van der Waals surface area contributed by atoms with Crippen LogP contribution in [0.5, 0.6) is 0 Å². The topological polar surface area (TPSA) is 50.4 Å². The van der Waals surface area contributed by atoms with Crippen LogP contribution in [0.3, 0.4) is 0 Å². The smallest absolute Gasteiger partial charge is 0.184 e. The van der Waals surface area contributed by atoms with Crippen LogP contribution in [0.1, 0.15) is 12.5 Å². The summed E-state index contributed by atoms with van der Waals surface area (Å²) in [5.41, 5.74) is 8.50. The molecule has 0 radical (unpaired) electrons. The molecule has 0 aromatic heterocycles. The molecule has 0 atom stereocenters. The summed E-state index contributed by atoms with van der Waals surface area (Å²) in [6.45, 7) is 1.67. The van der Waals surface area contributed by atoms with Gasteiger partial charge in [-0.2, -0.15) is 5.10 Å². The zero-order chi connectivity index (χ0) is 10.6. The summed E-state index contributed by atoms with van der Waals surface area (Å²) in [6.07, 6.45) is 0. The number of nitrogens with zero attached hydrogens (tertiary/aromatic N) is 1. The van der Waals surface area contributed by atoms with E-state index in [-0.39, 0.29) is 10.9 Å². The molecule has 0 amide bonds. The maximum atomic E-state index is 13.2. The minimum absolute atomic E-state index is 0.0562. The van der Waals surface area contributed by atoms with E-state index in [1.54, 1.807) is 25.1 Å². The van der Waals surface area contributed by atoms with E-state index in [0.29, 0.717) is 11.3 Å². The van der Waals surface area contributed by atoms with E-state index in [0.717, 1.165) is 0 Å². The molecule has 1 aromatic carbocycles. The fourth-order valence-electron chi connectivity index (χ4n) is 0.954. The van der Waals surface area contributed by atoms with E-state index in [1.807, 2.05) is 0 Å². The molecule has 0 bridgehead atoms. The molecular formula is C9H10FN3S. The van der Waals surface area contributed by atoms with Crippen molar-refractivity contribution < 1.29 is 4.39 Å².